The Morgan fingerprint density at radius 2 is 2.27 bits per heavy atom. The summed E-state index contributed by atoms with van der Waals surface area (Å²) >= 11 is 0. The van der Waals surface area contributed by atoms with Crippen LogP contribution >= 0.6 is 0 Å². The molecule has 4 heteroatoms. The van der Waals surface area contributed by atoms with Gasteiger partial charge in [-0.1, -0.05) is 12.1 Å². The van der Waals surface area contributed by atoms with Crippen molar-refractivity contribution in [2.45, 2.75) is 58.0 Å². The molecule has 88 valence electrons. The van der Waals surface area contributed by atoms with Crippen LogP contribution in [0.25, 0.3) is 0 Å². The van der Waals surface area contributed by atoms with Crippen molar-refractivity contribution < 1.29 is 5.21 Å². The van der Waals surface area contributed by atoms with Gasteiger partial charge in [-0.05, 0) is 39.7 Å². The van der Waals surface area contributed by atoms with Gasteiger partial charge >= 0.3 is 0 Å². The summed E-state index contributed by atoms with van der Waals surface area (Å²) < 4.78 is 0. The van der Waals surface area contributed by atoms with Crippen molar-refractivity contribution in [1.29, 1.82) is 0 Å². The third kappa shape index (κ3) is 2.84. The third-order valence-corrected chi connectivity index (χ3v) is 3.45. The van der Waals surface area contributed by atoms with E-state index in [0.29, 0.717) is 18.3 Å². The molecule has 0 bridgehead atoms. The van der Waals surface area contributed by atoms with Crippen LogP contribution in [0.2, 0.25) is 0 Å². The molecule has 1 heterocycles. The fourth-order valence-electron chi connectivity index (χ4n) is 2.56. The highest BCUT2D eigenvalue weighted by molar-refractivity contribution is 5.80. The molecule has 1 rings (SSSR count). The second-order valence-electron chi connectivity index (χ2n) is 4.97. The number of amidine groups is 1. The molecule has 4 nitrogen and oxygen atoms in total. The predicted molar refractivity (Wildman–Crippen MR) is 62.1 cm³/mol. The lowest BCUT2D eigenvalue weighted by molar-refractivity contribution is 0.115. The molecule has 1 aliphatic heterocycles. The SMILES string of the molecule is CCC(CC(N)=NO)N1CCCC1(C)C. The molecule has 0 amide bonds. The highest BCUT2D eigenvalue weighted by Crippen LogP contribution is 2.32. The van der Waals surface area contributed by atoms with Gasteiger partial charge in [0.15, 0.2) is 0 Å². The minimum Gasteiger partial charge on any atom is -0.409 e. The fraction of sp³-hybridized carbons (Fsp3) is 0.909. The van der Waals surface area contributed by atoms with Crippen molar-refractivity contribution in [3.05, 3.63) is 0 Å². The number of rotatable bonds is 4. The monoisotopic (exact) mass is 213 g/mol. The summed E-state index contributed by atoms with van der Waals surface area (Å²) in [7, 11) is 0. The molecule has 1 saturated heterocycles. The Morgan fingerprint density at radius 1 is 1.60 bits per heavy atom. The van der Waals surface area contributed by atoms with Crippen LogP contribution in [0.3, 0.4) is 0 Å². The quantitative estimate of drug-likeness (QED) is 0.324. The predicted octanol–water partition coefficient (Wildman–Crippen LogP) is 1.78. The Balaban J connectivity index is 2.66. The van der Waals surface area contributed by atoms with E-state index < -0.39 is 0 Å². The number of nitrogens with two attached hydrogens (primary N) is 1. The molecule has 0 aromatic carbocycles. The first kappa shape index (κ1) is 12.3. The molecule has 0 aromatic heterocycles. The van der Waals surface area contributed by atoms with Gasteiger partial charge in [-0.3, -0.25) is 4.90 Å². The zero-order valence-corrected chi connectivity index (χ0v) is 10.0. The number of likely N-dealkylation sites (tertiary alicyclic amines) is 1. The van der Waals surface area contributed by atoms with E-state index in [9.17, 15) is 0 Å². The second-order valence-corrected chi connectivity index (χ2v) is 4.97. The number of hydrogen-bond donors (Lipinski definition) is 2. The zero-order valence-electron chi connectivity index (χ0n) is 10.0. The lowest BCUT2D eigenvalue weighted by Crippen LogP contribution is -2.46. The Kier molecular flexibility index (Phi) is 3.97. The van der Waals surface area contributed by atoms with Gasteiger partial charge in [0.25, 0.3) is 0 Å². The molecular weight excluding hydrogens is 190 g/mol. The van der Waals surface area contributed by atoms with Crippen molar-refractivity contribution in [2.75, 3.05) is 6.54 Å². The highest BCUT2D eigenvalue weighted by Gasteiger charge is 2.36. The van der Waals surface area contributed by atoms with Crippen LogP contribution in [0.5, 0.6) is 0 Å². The van der Waals surface area contributed by atoms with Crippen LogP contribution in [0, 0.1) is 0 Å². The van der Waals surface area contributed by atoms with Crippen LogP contribution in [0.1, 0.15) is 46.5 Å². The van der Waals surface area contributed by atoms with E-state index in [2.05, 4.69) is 30.8 Å². The maximum Gasteiger partial charge on any atom is 0.140 e. The molecule has 1 fully saturated rings. The first-order valence-electron chi connectivity index (χ1n) is 5.74. The largest absolute Gasteiger partial charge is 0.409 e. The maximum absolute atomic E-state index is 8.60. The average Bonchev–Trinajstić information content (AvgIpc) is 2.54. The van der Waals surface area contributed by atoms with Crippen molar-refractivity contribution in [2.24, 2.45) is 10.9 Å². The fourth-order valence-corrected chi connectivity index (χ4v) is 2.56. The first-order chi connectivity index (χ1) is 7.01. The van der Waals surface area contributed by atoms with Crippen molar-refractivity contribution in [3.8, 4) is 0 Å². The Morgan fingerprint density at radius 3 is 2.67 bits per heavy atom. The third-order valence-electron chi connectivity index (χ3n) is 3.45. The Hall–Kier alpha value is -0.770. The van der Waals surface area contributed by atoms with Gasteiger partial charge in [-0.25, -0.2) is 0 Å². The molecule has 15 heavy (non-hydrogen) atoms. The Labute approximate surface area is 92.1 Å². The van der Waals surface area contributed by atoms with Crippen LogP contribution < -0.4 is 5.73 Å². The smallest absolute Gasteiger partial charge is 0.140 e. The van der Waals surface area contributed by atoms with E-state index in [-0.39, 0.29) is 5.54 Å². The summed E-state index contributed by atoms with van der Waals surface area (Å²) in [4.78, 5) is 2.49. The molecule has 3 N–H and O–H groups in total. The number of nitrogens with zero attached hydrogens (tertiary/aromatic N) is 2. The van der Waals surface area contributed by atoms with E-state index in [4.69, 9.17) is 10.9 Å². The minimum absolute atomic E-state index is 0.260. The van der Waals surface area contributed by atoms with E-state index in [1.807, 2.05) is 0 Å². The topological polar surface area (TPSA) is 61.9 Å². The summed E-state index contributed by atoms with van der Waals surface area (Å²) in [6, 6.07) is 0.401. The van der Waals surface area contributed by atoms with Gasteiger partial charge in [0.2, 0.25) is 0 Å². The average molecular weight is 213 g/mol. The van der Waals surface area contributed by atoms with Crippen LogP contribution in [0.4, 0.5) is 0 Å². The molecule has 0 aliphatic carbocycles. The molecule has 1 unspecified atom stereocenters. The Bertz CT molecular complexity index is 238. The van der Waals surface area contributed by atoms with E-state index in [0.717, 1.165) is 13.0 Å². The maximum atomic E-state index is 8.60. The summed E-state index contributed by atoms with van der Waals surface area (Å²) in [5.74, 6) is 0.338. The van der Waals surface area contributed by atoms with E-state index in [1.165, 1.54) is 12.8 Å². The molecular formula is C11H23N3O. The number of oxime groups is 1. The van der Waals surface area contributed by atoms with Gasteiger partial charge in [-0.2, -0.15) is 0 Å². The zero-order chi connectivity index (χ0) is 11.5. The summed E-state index contributed by atoms with van der Waals surface area (Å²) in [6.45, 7) is 7.83. The van der Waals surface area contributed by atoms with Crippen LogP contribution in [-0.4, -0.2) is 34.1 Å². The molecule has 0 radical (unpaired) electrons. The minimum atomic E-state index is 0.260. The molecule has 0 saturated carbocycles. The normalized spacial score (nSPS) is 24.3. The van der Waals surface area contributed by atoms with E-state index in [1.54, 1.807) is 0 Å². The first-order valence-corrected chi connectivity index (χ1v) is 5.74. The van der Waals surface area contributed by atoms with Gasteiger partial charge in [0.05, 0.1) is 0 Å². The summed E-state index contributed by atoms with van der Waals surface area (Å²) in [6.07, 6.45) is 4.19. The van der Waals surface area contributed by atoms with Gasteiger partial charge in [-0.15, -0.1) is 0 Å². The highest BCUT2D eigenvalue weighted by atomic mass is 16.4. The van der Waals surface area contributed by atoms with Gasteiger partial charge < -0.3 is 10.9 Å². The van der Waals surface area contributed by atoms with Gasteiger partial charge in [0, 0.05) is 18.0 Å². The molecule has 1 aliphatic rings. The molecule has 1 atom stereocenters. The molecule has 0 aromatic rings. The standard InChI is InChI=1S/C11H23N3O/c1-4-9(8-10(12)13-15)14-7-5-6-11(14,2)3/h9,15H,4-8H2,1-3H3,(H2,12,13). The summed E-state index contributed by atoms with van der Waals surface area (Å²) in [5.41, 5.74) is 5.84. The van der Waals surface area contributed by atoms with Gasteiger partial charge in [0.1, 0.15) is 5.84 Å². The molecule has 0 spiro atoms. The van der Waals surface area contributed by atoms with Crippen molar-refractivity contribution in [1.82, 2.24) is 4.90 Å². The van der Waals surface area contributed by atoms with E-state index >= 15 is 0 Å². The second kappa shape index (κ2) is 4.84. The van der Waals surface area contributed by atoms with Crippen LogP contribution in [0.15, 0.2) is 5.16 Å². The van der Waals surface area contributed by atoms with Crippen LogP contribution in [-0.2, 0) is 0 Å². The number of hydrogen-bond acceptors (Lipinski definition) is 3. The van der Waals surface area contributed by atoms with Crippen molar-refractivity contribution >= 4 is 5.84 Å². The lowest BCUT2D eigenvalue weighted by Gasteiger charge is -2.38. The van der Waals surface area contributed by atoms with Crippen molar-refractivity contribution in [3.63, 3.8) is 0 Å². The summed E-state index contributed by atoms with van der Waals surface area (Å²) in [5, 5.41) is 11.7. The lowest BCUT2D eigenvalue weighted by atomic mass is 9.98.